The largest absolute Gasteiger partial charge is 0.461 e. The lowest BCUT2D eigenvalue weighted by atomic mass is 9.86. The molecular formula is C14H22O4. The normalized spacial score (nSPS) is 43.3. The van der Waals surface area contributed by atoms with Gasteiger partial charge in [0.2, 0.25) is 0 Å². The predicted molar refractivity (Wildman–Crippen MR) is 67.0 cm³/mol. The number of carbonyl (C=O) groups is 1. The van der Waals surface area contributed by atoms with Crippen LogP contribution in [0.5, 0.6) is 0 Å². The van der Waals surface area contributed by atoms with Crippen molar-refractivity contribution in [3.8, 4) is 0 Å². The maximum absolute atomic E-state index is 10.6. The third-order valence-corrected chi connectivity index (χ3v) is 4.19. The lowest BCUT2D eigenvalue weighted by Crippen LogP contribution is -2.35. The molecule has 18 heavy (non-hydrogen) atoms. The second-order valence-corrected chi connectivity index (χ2v) is 5.62. The average molecular weight is 254 g/mol. The predicted octanol–water partition coefficient (Wildman–Crippen LogP) is 1.81. The summed E-state index contributed by atoms with van der Waals surface area (Å²) in [6, 6.07) is 0. The molecule has 4 atom stereocenters. The molecule has 1 aliphatic carbocycles. The molecule has 0 aromatic heterocycles. The fourth-order valence-electron chi connectivity index (χ4n) is 2.85. The van der Waals surface area contributed by atoms with Crippen LogP contribution in [0.25, 0.3) is 0 Å². The van der Waals surface area contributed by atoms with Crippen LogP contribution in [0, 0.1) is 5.92 Å². The van der Waals surface area contributed by atoms with Crippen LogP contribution in [0.3, 0.4) is 0 Å². The van der Waals surface area contributed by atoms with E-state index in [4.69, 9.17) is 9.47 Å². The van der Waals surface area contributed by atoms with Crippen molar-refractivity contribution in [2.45, 2.75) is 57.3 Å². The van der Waals surface area contributed by atoms with Gasteiger partial charge in [0.25, 0.3) is 6.47 Å². The summed E-state index contributed by atoms with van der Waals surface area (Å²) in [5, 5.41) is 9.50. The zero-order valence-corrected chi connectivity index (χ0v) is 11.1. The van der Waals surface area contributed by atoms with Crippen molar-refractivity contribution in [3.05, 3.63) is 11.6 Å². The van der Waals surface area contributed by atoms with Crippen molar-refractivity contribution in [2.24, 2.45) is 5.92 Å². The quantitative estimate of drug-likeness (QED) is 0.474. The molecule has 0 radical (unpaired) electrons. The highest BCUT2D eigenvalue weighted by Gasteiger charge is 2.58. The molecule has 0 bridgehead atoms. The average Bonchev–Trinajstić information content (AvgIpc) is 3.00. The molecule has 102 valence electrons. The minimum absolute atomic E-state index is 0.0295. The molecule has 1 N–H and O–H groups in total. The van der Waals surface area contributed by atoms with E-state index in [9.17, 15) is 9.90 Å². The van der Waals surface area contributed by atoms with Crippen LogP contribution in [0.2, 0.25) is 0 Å². The van der Waals surface area contributed by atoms with Crippen LogP contribution in [0.4, 0.5) is 0 Å². The third-order valence-electron chi connectivity index (χ3n) is 4.19. The lowest BCUT2D eigenvalue weighted by Gasteiger charge is -2.24. The van der Waals surface area contributed by atoms with Crippen LogP contribution in [0.1, 0.15) is 39.5 Å². The molecule has 2 rings (SSSR count). The fourth-order valence-corrected chi connectivity index (χ4v) is 2.85. The summed E-state index contributed by atoms with van der Waals surface area (Å²) in [6.07, 6.45) is 5.57. The number of carbonyl (C=O) groups excluding carboxylic acids is 1. The zero-order valence-electron chi connectivity index (χ0n) is 11.1. The molecule has 4 unspecified atom stereocenters. The Labute approximate surface area is 108 Å². The fraction of sp³-hybridized carbons (Fsp3) is 0.786. The van der Waals surface area contributed by atoms with Crippen molar-refractivity contribution in [1.82, 2.24) is 0 Å². The zero-order chi connectivity index (χ0) is 13.2. The van der Waals surface area contributed by atoms with E-state index in [2.05, 4.69) is 19.9 Å². The SMILES string of the molecule is C/C1=C\CCC2(C)OC2C(OC=O)C(CO)CC1. The minimum atomic E-state index is -0.316. The van der Waals surface area contributed by atoms with E-state index in [1.807, 2.05) is 0 Å². The number of aliphatic hydroxyl groups is 1. The number of ether oxygens (including phenoxy) is 2. The summed E-state index contributed by atoms with van der Waals surface area (Å²) in [5.41, 5.74) is 1.14. The van der Waals surface area contributed by atoms with E-state index in [0.29, 0.717) is 6.47 Å². The maximum atomic E-state index is 10.6. The summed E-state index contributed by atoms with van der Waals surface area (Å²) in [6.45, 7) is 4.67. The van der Waals surface area contributed by atoms with Gasteiger partial charge in [0, 0.05) is 12.5 Å². The van der Waals surface area contributed by atoms with E-state index in [0.717, 1.165) is 25.7 Å². The molecule has 1 saturated heterocycles. The Kier molecular flexibility index (Phi) is 4.07. The molecule has 1 heterocycles. The van der Waals surface area contributed by atoms with Gasteiger partial charge in [0.1, 0.15) is 12.2 Å². The molecule has 4 heteroatoms. The molecule has 0 saturated carbocycles. The van der Waals surface area contributed by atoms with Crippen LogP contribution in [-0.2, 0) is 14.3 Å². The van der Waals surface area contributed by atoms with E-state index in [1.165, 1.54) is 5.57 Å². The molecule has 2 aliphatic rings. The van der Waals surface area contributed by atoms with Crippen LogP contribution < -0.4 is 0 Å². The molecule has 4 nitrogen and oxygen atoms in total. The number of epoxide rings is 1. The monoisotopic (exact) mass is 254 g/mol. The molecule has 0 spiro atoms. The summed E-state index contributed by atoms with van der Waals surface area (Å²) in [5.74, 6) is -0.0384. The standard InChI is InChI=1S/C14H22O4/c1-10-4-3-7-14(2)13(18-14)12(17-9-16)11(8-15)6-5-10/h4,9,11-13,15H,3,5-8H2,1-2H3/b10-4+. The van der Waals surface area contributed by atoms with E-state index >= 15 is 0 Å². The summed E-state index contributed by atoms with van der Waals surface area (Å²) >= 11 is 0. The van der Waals surface area contributed by atoms with Gasteiger partial charge in [-0.2, -0.15) is 0 Å². The molecule has 0 aromatic carbocycles. The Morgan fingerprint density at radius 3 is 3.11 bits per heavy atom. The first-order valence-corrected chi connectivity index (χ1v) is 6.64. The highest BCUT2D eigenvalue weighted by atomic mass is 16.6. The van der Waals surface area contributed by atoms with Gasteiger partial charge in [-0.25, -0.2) is 0 Å². The number of hydrogen-bond acceptors (Lipinski definition) is 4. The Bertz CT molecular complexity index is 339. The summed E-state index contributed by atoms with van der Waals surface area (Å²) in [4.78, 5) is 10.6. The maximum Gasteiger partial charge on any atom is 0.293 e. The van der Waals surface area contributed by atoms with Gasteiger partial charge in [0.15, 0.2) is 0 Å². The van der Waals surface area contributed by atoms with E-state index in [1.54, 1.807) is 0 Å². The minimum Gasteiger partial charge on any atom is -0.461 e. The first kappa shape index (κ1) is 13.6. The van der Waals surface area contributed by atoms with Crippen LogP contribution in [-0.4, -0.2) is 36.0 Å². The Morgan fingerprint density at radius 2 is 2.44 bits per heavy atom. The number of allylic oxidation sites excluding steroid dienone is 2. The highest BCUT2D eigenvalue weighted by Crippen LogP contribution is 2.46. The molecule has 0 amide bonds. The lowest BCUT2D eigenvalue weighted by molar-refractivity contribution is -0.138. The number of rotatable bonds is 3. The topological polar surface area (TPSA) is 59.1 Å². The van der Waals surface area contributed by atoms with Gasteiger partial charge in [0.05, 0.1) is 5.60 Å². The van der Waals surface area contributed by atoms with Gasteiger partial charge < -0.3 is 14.6 Å². The number of aliphatic hydroxyl groups excluding tert-OH is 1. The Hall–Kier alpha value is -0.870. The van der Waals surface area contributed by atoms with Crippen LogP contribution in [0.15, 0.2) is 11.6 Å². The molecule has 1 fully saturated rings. The Balaban J connectivity index is 2.15. The van der Waals surface area contributed by atoms with Gasteiger partial charge >= 0.3 is 0 Å². The second kappa shape index (κ2) is 5.41. The number of fused-ring (bicyclic) bond motifs is 1. The summed E-state index contributed by atoms with van der Waals surface area (Å²) < 4.78 is 10.9. The molecular weight excluding hydrogens is 232 g/mol. The van der Waals surface area contributed by atoms with Gasteiger partial charge in [-0.15, -0.1) is 0 Å². The second-order valence-electron chi connectivity index (χ2n) is 5.62. The van der Waals surface area contributed by atoms with Crippen molar-refractivity contribution >= 4 is 6.47 Å². The first-order valence-electron chi connectivity index (χ1n) is 6.64. The van der Waals surface area contributed by atoms with Gasteiger partial charge in [-0.05, 0) is 39.5 Å². The molecule has 1 aliphatic heterocycles. The van der Waals surface area contributed by atoms with E-state index in [-0.39, 0.29) is 30.3 Å². The van der Waals surface area contributed by atoms with Crippen molar-refractivity contribution in [2.75, 3.05) is 6.61 Å². The Morgan fingerprint density at radius 1 is 1.67 bits per heavy atom. The third kappa shape index (κ3) is 2.75. The smallest absolute Gasteiger partial charge is 0.293 e. The van der Waals surface area contributed by atoms with Crippen molar-refractivity contribution in [1.29, 1.82) is 0 Å². The van der Waals surface area contributed by atoms with Crippen LogP contribution >= 0.6 is 0 Å². The van der Waals surface area contributed by atoms with Crippen molar-refractivity contribution in [3.63, 3.8) is 0 Å². The van der Waals surface area contributed by atoms with Gasteiger partial charge in [-0.3, -0.25) is 4.79 Å². The van der Waals surface area contributed by atoms with Crippen molar-refractivity contribution < 1.29 is 19.4 Å². The van der Waals surface area contributed by atoms with E-state index < -0.39 is 0 Å². The number of hydrogen-bond donors (Lipinski definition) is 1. The molecule has 0 aromatic rings. The highest BCUT2D eigenvalue weighted by molar-refractivity contribution is 5.38. The summed E-state index contributed by atoms with van der Waals surface area (Å²) in [7, 11) is 0. The van der Waals surface area contributed by atoms with Gasteiger partial charge in [-0.1, -0.05) is 11.6 Å². The first-order chi connectivity index (χ1) is 8.60.